The minimum atomic E-state index is -0.964. The van der Waals surface area contributed by atoms with Gasteiger partial charge in [-0.25, -0.2) is 13.8 Å². The molecule has 1 aliphatic carbocycles. The number of hydrogen-bond donors (Lipinski definition) is 2. The van der Waals surface area contributed by atoms with E-state index < -0.39 is 17.6 Å². The minimum absolute atomic E-state index is 0.0727. The maximum absolute atomic E-state index is 13.3. The number of thiazole rings is 1. The Labute approximate surface area is 146 Å². The maximum atomic E-state index is 13.3. The third-order valence-corrected chi connectivity index (χ3v) is 5.21. The molecule has 5 nitrogen and oxygen atoms in total. The van der Waals surface area contributed by atoms with E-state index in [9.17, 15) is 18.4 Å². The van der Waals surface area contributed by atoms with E-state index in [0.717, 1.165) is 12.1 Å². The van der Waals surface area contributed by atoms with Crippen LogP contribution in [0, 0.1) is 17.6 Å². The normalized spacial score (nSPS) is 20.2. The Balaban J connectivity index is 1.63. The Hall–Kier alpha value is -2.35. The van der Waals surface area contributed by atoms with Crippen LogP contribution in [0.25, 0.3) is 10.6 Å². The zero-order chi connectivity index (χ0) is 18.0. The topological polar surface area (TPSA) is 79.3 Å². The monoisotopic (exact) mass is 366 g/mol. The number of aliphatic carboxylic acids is 1. The van der Waals surface area contributed by atoms with Gasteiger partial charge in [-0.2, -0.15) is 0 Å². The summed E-state index contributed by atoms with van der Waals surface area (Å²) in [6.07, 6.45) is 2.31. The van der Waals surface area contributed by atoms with Gasteiger partial charge in [0.25, 0.3) is 5.91 Å². The van der Waals surface area contributed by atoms with E-state index >= 15 is 0 Å². The van der Waals surface area contributed by atoms with Crippen molar-refractivity contribution in [1.82, 2.24) is 10.3 Å². The number of carbonyl (C=O) groups is 2. The number of carboxylic acids is 1. The molecule has 3 rings (SSSR count). The molecule has 2 aromatic rings. The molecule has 25 heavy (non-hydrogen) atoms. The molecule has 1 saturated carbocycles. The van der Waals surface area contributed by atoms with E-state index in [1.165, 1.54) is 17.4 Å². The summed E-state index contributed by atoms with van der Waals surface area (Å²) in [5.41, 5.74) is 0.620. The quantitative estimate of drug-likeness (QED) is 0.868. The molecule has 132 valence electrons. The van der Waals surface area contributed by atoms with Crippen molar-refractivity contribution in [2.24, 2.45) is 5.92 Å². The van der Waals surface area contributed by atoms with Crippen LogP contribution in [0.4, 0.5) is 8.78 Å². The molecule has 0 saturated heterocycles. The lowest BCUT2D eigenvalue weighted by Crippen LogP contribution is -2.38. The third kappa shape index (κ3) is 4.01. The largest absolute Gasteiger partial charge is 0.481 e. The Morgan fingerprint density at radius 3 is 2.52 bits per heavy atom. The van der Waals surface area contributed by atoms with Crippen molar-refractivity contribution < 1.29 is 23.5 Å². The van der Waals surface area contributed by atoms with Crippen molar-refractivity contribution in [3.63, 3.8) is 0 Å². The van der Waals surface area contributed by atoms with Crippen molar-refractivity contribution in [3.8, 4) is 10.6 Å². The molecule has 0 bridgehead atoms. The molecule has 0 unspecified atom stereocenters. The fourth-order valence-corrected chi connectivity index (χ4v) is 3.68. The number of carboxylic acid groups (broad SMARTS) is 1. The highest BCUT2D eigenvalue weighted by Crippen LogP contribution is 2.27. The molecule has 2 N–H and O–H groups in total. The van der Waals surface area contributed by atoms with E-state index in [0.29, 0.717) is 36.3 Å². The van der Waals surface area contributed by atoms with Gasteiger partial charge in [-0.1, -0.05) is 0 Å². The molecule has 1 heterocycles. The minimum Gasteiger partial charge on any atom is -0.481 e. The molecule has 1 amide bonds. The summed E-state index contributed by atoms with van der Waals surface area (Å²) in [6, 6.07) is 3.40. The summed E-state index contributed by atoms with van der Waals surface area (Å²) in [7, 11) is 0. The van der Waals surface area contributed by atoms with Crippen molar-refractivity contribution >= 4 is 23.2 Å². The smallest absolute Gasteiger partial charge is 0.306 e. The second kappa shape index (κ2) is 7.26. The summed E-state index contributed by atoms with van der Waals surface area (Å²) in [5.74, 6) is -3.37. The molecule has 1 fully saturated rings. The number of hydrogen-bond acceptors (Lipinski definition) is 4. The number of nitrogens with zero attached hydrogens (tertiary/aromatic N) is 1. The lowest BCUT2D eigenvalue weighted by Gasteiger charge is -2.26. The maximum Gasteiger partial charge on any atom is 0.306 e. The van der Waals surface area contributed by atoms with Crippen LogP contribution in [0.1, 0.15) is 36.2 Å². The molecule has 1 aliphatic rings. The Morgan fingerprint density at radius 1 is 1.16 bits per heavy atom. The first-order valence-corrected chi connectivity index (χ1v) is 8.76. The second-order valence-electron chi connectivity index (χ2n) is 6.03. The predicted molar refractivity (Wildman–Crippen MR) is 88.3 cm³/mol. The fraction of sp³-hybridized carbons (Fsp3) is 0.353. The molecule has 8 heteroatoms. The summed E-state index contributed by atoms with van der Waals surface area (Å²) >= 11 is 1.17. The number of amides is 1. The molecule has 1 aromatic carbocycles. The molecule has 0 aliphatic heterocycles. The van der Waals surface area contributed by atoms with Crippen LogP contribution < -0.4 is 5.32 Å². The number of halogens is 2. The second-order valence-corrected chi connectivity index (χ2v) is 6.89. The highest BCUT2D eigenvalue weighted by Gasteiger charge is 2.27. The third-order valence-electron chi connectivity index (χ3n) is 4.32. The van der Waals surface area contributed by atoms with E-state index in [-0.39, 0.29) is 23.6 Å². The highest BCUT2D eigenvalue weighted by atomic mass is 32.1. The Kier molecular flexibility index (Phi) is 5.08. The number of rotatable bonds is 4. The highest BCUT2D eigenvalue weighted by molar-refractivity contribution is 7.13. The molecule has 0 radical (unpaired) electrons. The number of aromatic nitrogens is 1. The SMILES string of the molecule is O=C(NC1CCC(C(=O)O)CC1)c1csc(-c2ccc(F)c(F)c2)n1. The average Bonchev–Trinajstić information content (AvgIpc) is 3.08. The molecular weight excluding hydrogens is 350 g/mol. The number of benzene rings is 1. The lowest BCUT2D eigenvalue weighted by atomic mass is 9.86. The van der Waals surface area contributed by atoms with Crippen LogP contribution in [0.5, 0.6) is 0 Å². The zero-order valence-corrected chi connectivity index (χ0v) is 14.0. The van der Waals surface area contributed by atoms with Gasteiger partial charge in [-0.3, -0.25) is 9.59 Å². The van der Waals surface area contributed by atoms with E-state index in [4.69, 9.17) is 5.11 Å². The number of carbonyl (C=O) groups excluding carboxylic acids is 1. The van der Waals surface area contributed by atoms with Crippen LogP contribution in [0.15, 0.2) is 23.6 Å². The van der Waals surface area contributed by atoms with E-state index in [2.05, 4.69) is 10.3 Å². The van der Waals surface area contributed by atoms with Gasteiger partial charge in [0.15, 0.2) is 11.6 Å². The number of nitrogens with one attached hydrogen (secondary N) is 1. The van der Waals surface area contributed by atoms with Crippen LogP contribution >= 0.6 is 11.3 Å². The average molecular weight is 366 g/mol. The van der Waals surface area contributed by atoms with E-state index in [1.54, 1.807) is 5.38 Å². The van der Waals surface area contributed by atoms with Crippen molar-refractivity contribution in [1.29, 1.82) is 0 Å². The van der Waals surface area contributed by atoms with Gasteiger partial charge in [0.2, 0.25) is 0 Å². The zero-order valence-electron chi connectivity index (χ0n) is 13.2. The fourth-order valence-electron chi connectivity index (χ4n) is 2.88. The van der Waals surface area contributed by atoms with Crippen LogP contribution in [-0.2, 0) is 4.79 Å². The van der Waals surface area contributed by atoms with Gasteiger partial charge >= 0.3 is 5.97 Å². The molecule has 1 aromatic heterocycles. The molecule has 0 atom stereocenters. The van der Waals surface area contributed by atoms with Crippen molar-refractivity contribution in [2.45, 2.75) is 31.7 Å². The Bertz CT molecular complexity index is 801. The molecular formula is C17H16F2N2O3S. The summed E-state index contributed by atoms with van der Waals surface area (Å²) in [5, 5.41) is 13.8. The standard InChI is InChI=1S/C17H16F2N2O3S/c18-12-6-3-10(7-13(12)19)16-21-14(8-25-16)15(22)20-11-4-1-9(2-5-11)17(23)24/h3,6-9,11H,1-2,4-5H2,(H,20,22)(H,23,24). The predicted octanol–water partition coefficient (Wildman–Crippen LogP) is 3.46. The van der Waals surface area contributed by atoms with E-state index in [1.807, 2.05) is 0 Å². The summed E-state index contributed by atoms with van der Waals surface area (Å²) < 4.78 is 26.3. The van der Waals surface area contributed by atoms with Crippen LogP contribution in [0.2, 0.25) is 0 Å². The van der Waals surface area contributed by atoms with Crippen molar-refractivity contribution in [3.05, 3.63) is 40.9 Å². The summed E-state index contributed by atoms with van der Waals surface area (Å²) in [6.45, 7) is 0. The van der Waals surface area contributed by atoms with Gasteiger partial charge in [-0.15, -0.1) is 11.3 Å². The Morgan fingerprint density at radius 2 is 1.88 bits per heavy atom. The first kappa shape index (κ1) is 17.5. The van der Waals surface area contributed by atoms with Crippen LogP contribution in [-0.4, -0.2) is 28.0 Å². The van der Waals surface area contributed by atoms with Crippen LogP contribution in [0.3, 0.4) is 0 Å². The molecule has 0 spiro atoms. The van der Waals surface area contributed by atoms with Crippen molar-refractivity contribution in [2.75, 3.05) is 0 Å². The van der Waals surface area contributed by atoms with Gasteiger partial charge in [0, 0.05) is 17.0 Å². The first-order chi connectivity index (χ1) is 11.9. The lowest BCUT2D eigenvalue weighted by molar-refractivity contribution is -0.142. The van der Waals surface area contributed by atoms with Gasteiger partial charge < -0.3 is 10.4 Å². The first-order valence-electron chi connectivity index (χ1n) is 7.88. The van der Waals surface area contributed by atoms with Gasteiger partial charge in [0.05, 0.1) is 5.92 Å². The van der Waals surface area contributed by atoms with Gasteiger partial charge in [0.1, 0.15) is 10.7 Å². The summed E-state index contributed by atoms with van der Waals surface area (Å²) in [4.78, 5) is 27.4. The van der Waals surface area contributed by atoms with Gasteiger partial charge in [-0.05, 0) is 43.9 Å².